The quantitative estimate of drug-likeness (QED) is 0.713. The highest BCUT2D eigenvalue weighted by Gasteiger charge is 2.29. The number of nitrogens with one attached hydrogen (secondary N) is 2. The Morgan fingerprint density at radius 2 is 1.86 bits per heavy atom. The van der Waals surface area contributed by atoms with E-state index in [-0.39, 0.29) is 23.4 Å². The maximum Gasteiger partial charge on any atom is 0.254 e. The van der Waals surface area contributed by atoms with Crippen molar-refractivity contribution in [1.29, 1.82) is 0 Å². The largest absolute Gasteiger partial charge is 0.468 e. The number of hydrogen-bond acceptors (Lipinski definition) is 4. The number of likely N-dealkylation sites (tertiary alicyclic amines) is 1. The Kier molecular flexibility index (Phi) is 7.04. The summed E-state index contributed by atoms with van der Waals surface area (Å²) in [6, 6.07) is 8.67. The monoisotopic (exact) mass is 401 g/mol. The van der Waals surface area contributed by atoms with E-state index in [0.717, 1.165) is 31.7 Å². The minimum atomic E-state index is -0.766. The van der Waals surface area contributed by atoms with Crippen LogP contribution in [0.4, 0.5) is 4.39 Å². The Hall–Kier alpha value is -2.67. The van der Waals surface area contributed by atoms with E-state index in [4.69, 9.17) is 4.42 Å². The van der Waals surface area contributed by atoms with E-state index in [0.29, 0.717) is 6.54 Å². The standard InChI is InChI=1S/C22H28FN3O3/c1-15(2)20(25-21(27)16-8-3-4-9-17(16)23)22(28)24-14-18(19-10-7-13-29-19)26-11-5-6-12-26/h3-4,7-10,13,15,18,20H,5-6,11-12,14H2,1-2H3,(H,24,28)(H,25,27)/t18-,20+/m0/s1. The van der Waals surface area contributed by atoms with Crippen molar-refractivity contribution in [2.75, 3.05) is 19.6 Å². The van der Waals surface area contributed by atoms with Gasteiger partial charge in [-0.2, -0.15) is 0 Å². The van der Waals surface area contributed by atoms with E-state index < -0.39 is 17.8 Å². The normalized spacial score (nSPS) is 16.6. The van der Waals surface area contributed by atoms with Crippen molar-refractivity contribution >= 4 is 11.8 Å². The smallest absolute Gasteiger partial charge is 0.254 e. The number of amides is 2. The van der Waals surface area contributed by atoms with Crippen molar-refractivity contribution in [3.63, 3.8) is 0 Å². The van der Waals surface area contributed by atoms with Gasteiger partial charge in [-0.25, -0.2) is 4.39 Å². The lowest BCUT2D eigenvalue weighted by molar-refractivity contribution is -0.124. The molecule has 2 heterocycles. The van der Waals surface area contributed by atoms with Crippen LogP contribution in [0.2, 0.25) is 0 Å². The molecule has 0 unspecified atom stereocenters. The molecule has 7 heteroatoms. The summed E-state index contributed by atoms with van der Waals surface area (Å²) in [5.41, 5.74) is -0.0727. The van der Waals surface area contributed by atoms with Gasteiger partial charge in [0.2, 0.25) is 5.91 Å². The third kappa shape index (κ3) is 5.23. The van der Waals surface area contributed by atoms with E-state index in [2.05, 4.69) is 15.5 Å². The fraction of sp³-hybridized carbons (Fsp3) is 0.455. The molecule has 156 valence electrons. The highest BCUT2D eigenvalue weighted by atomic mass is 19.1. The third-order valence-corrected chi connectivity index (χ3v) is 5.28. The van der Waals surface area contributed by atoms with Crippen LogP contribution >= 0.6 is 0 Å². The molecule has 2 aromatic rings. The van der Waals surface area contributed by atoms with Crippen molar-refractivity contribution in [3.8, 4) is 0 Å². The van der Waals surface area contributed by atoms with Crippen molar-refractivity contribution < 1.29 is 18.4 Å². The topological polar surface area (TPSA) is 74.6 Å². The maximum absolute atomic E-state index is 13.9. The van der Waals surface area contributed by atoms with Gasteiger partial charge in [-0.05, 0) is 56.1 Å². The number of carbonyl (C=O) groups excluding carboxylic acids is 2. The molecule has 2 N–H and O–H groups in total. The SMILES string of the molecule is CC(C)[C@@H](NC(=O)c1ccccc1F)C(=O)NC[C@@H](c1ccco1)N1CCCC1. The van der Waals surface area contributed by atoms with Crippen molar-refractivity contribution in [1.82, 2.24) is 15.5 Å². The lowest BCUT2D eigenvalue weighted by Gasteiger charge is -2.28. The first-order chi connectivity index (χ1) is 14.0. The molecule has 1 aromatic heterocycles. The molecule has 1 aliphatic rings. The molecule has 0 aliphatic carbocycles. The average Bonchev–Trinajstić information content (AvgIpc) is 3.40. The van der Waals surface area contributed by atoms with Crippen LogP contribution in [-0.4, -0.2) is 42.4 Å². The van der Waals surface area contributed by atoms with Crippen molar-refractivity contribution in [2.45, 2.75) is 38.8 Å². The van der Waals surface area contributed by atoms with Crippen LogP contribution in [0.15, 0.2) is 47.1 Å². The predicted octanol–water partition coefficient (Wildman–Crippen LogP) is 3.13. The number of nitrogens with zero attached hydrogens (tertiary/aromatic N) is 1. The van der Waals surface area contributed by atoms with Crippen molar-refractivity contribution in [2.24, 2.45) is 5.92 Å². The Morgan fingerprint density at radius 1 is 1.14 bits per heavy atom. The van der Waals surface area contributed by atoms with Gasteiger partial charge in [-0.3, -0.25) is 14.5 Å². The first-order valence-electron chi connectivity index (χ1n) is 10.1. The molecule has 2 atom stereocenters. The fourth-order valence-electron chi connectivity index (χ4n) is 3.65. The number of rotatable bonds is 8. The van der Waals surface area contributed by atoms with Gasteiger partial charge < -0.3 is 15.1 Å². The molecule has 6 nitrogen and oxygen atoms in total. The zero-order valence-electron chi connectivity index (χ0n) is 16.9. The summed E-state index contributed by atoms with van der Waals surface area (Å²) in [7, 11) is 0. The van der Waals surface area contributed by atoms with Gasteiger partial charge in [0.25, 0.3) is 5.91 Å². The third-order valence-electron chi connectivity index (χ3n) is 5.28. The molecule has 1 aromatic carbocycles. The van der Waals surface area contributed by atoms with Crippen molar-refractivity contribution in [3.05, 3.63) is 59.8 Å². The second-order valence-electron chi connectivity index (χ2n) is 7.69. The van der Waals surface area contributed by atoms with Gasteiger partial charge in [0.15, 0.2) is 0 Å². The van der Waals surface area contributed by atoms with Crippen LogP contribution < -0.4 is 10.6 Å². The van der Waals surface area contributed by atoms with Gasteiger partial charge in [-0.1, -0.05) is 26.0 Å². The van der Waals surface area contributed by atoms with Crippen LogP contribution in [-0.2, 0) is 4.79 Å². The zero-order chi connectivity index (χ0) is 20.8. The Balaban J connectivity index is 1.65. The van der Waals surface area contributed by atoms with E-state index in [1.165, 1.54) is 18.2 Å². The van der Waals surface area contributed by atoms with E-state index in [1.807, 2.05) is 26.0 Å². The molecule has 1 saturated heterocycles. The van der Waals surface area contributed by atoms with E-state index in [1.54, 1.807) is 12.3 Å². The number of furan rings is 1. The Labute approximate surface area is 170 Å². The van der Waals surface area contributed by atoms with Crippen LogP contribution in [0.5, 0.6) is 0 Å². The molecule has 1 aliphatic heterocycles. The highest BCUT2D eigenvalue weighted by molar-refractivity contribution is 5.97. The lowest BCUT2D eigenvalue weighted by atomic mass is 10.0. The first-order valence-corrected chi connectivity index (χ1v) is 10.1. The number of halogens is 1. The van der Waals surface area contributed by atoms with Crippen LogP contribution in [0.1, 0.15) is 48.8 Å². The lowest BCUT2D eigenvalue weighted by Crippen LogP contribution is -2.51. The Bertz CT molecular complexity index is 816. The summed E-state index contributed by atoms with van der Waals surface area (Å²) in [5.74, 6) is -0.845. The van der Waals surface area contributed by atoms with Gasteiger partial charge in [0, 0.05) is 6.54 Å². The van der Waals surface area contributed by atoms with Gasteiger partial charge >= 0.3 is 0 Å². The average molecular weight is 401 g/mol. The molecular weight excluding hydrogens is 373 g/mol. The van der Waals surface area contributed by atoms with Crippen LogP contribution in [0, 0.1) is 11.7 Å². The van der Waals surface area contributed by atoms with Gasteiger partial charge in [-0.15, -0.1) is 0 Å². The van der Waals surface area contributed by atoms with Gasteiger partial charge in [0.1, 0.15) is 17.6 Å². The summed E-state index contributed by atoms with van der Waals surface area (Å²) in [6.45, 7) is 5.98. The summed E-state index contributed by atoms with van der Waals surface area (Å²) in [5, 5.41) is 5.63. The maximum atomic E-state index is 13.9. The fourth-order valence-corrected chi connectivity index (χ4v) is 3.65. The van der Waals surface area contributed by atoms with Crippen LogP contribution in [0.25, 0.3) is 0 Å². The minimum absolute atomic E-state index is 0.0495. The summed E-state index contributed by atoms with van der Waals surface area (Å²) < 4.78 is 19.5. The summed E-state index contributed by atoms with van der Waals surface area (Å²) in [6.07, 6.45) is 3.88. The van der Waals surface area contributed by atoms with Gasteiger partial charge in [0.05, 0.1) is 17.9 Å². The van der Waals surface area contributed by atoms with Crippen LogP contribution in [0.3, 0.4) is 0 Å². The number of benzene rings is 1. The minimum Gasteiger partial charge on any atom is -0.468 e. The highest BCUT2D eigenvalue weighted by Crippen LogP contribution is 2.25. The summed E-state index contributed by atoms with van der Waals surface area (Å²) >= 11 is 0. The summed E-state index contributed by atoms with van der Waals surface area (Å²) in [4.78, 5) is 27.6. The molecule has 2 amide bonds. The molecule has 1 fully saturated rings. The second-order valence-corrected chi connectivity index (χ2v) is 7.69. The molecule has 3 rings (SSSR count). The predicted molar refractivity (Wildman–Crippen MR) is 108 cm³/mol. The Morgan fingerprint density at radius 3 is 2.48 bits per heavy atom. The molecule has 0 radical (unpaired) electrons. The van der Waals surface area contributed by atoms with E-state index >= 15 is 0 Å². The molecular formula is C22H28FN3O3. The molecule has 0 saturated carbocycles. The molecule has 0 spiro atoms. The molecule has 0 bridgehead atoms. The zero-order valence-corrected chi connectivity index (χ0v) is 16.9. The first kappa shape index (κ1) is 21.0. The second kappa shape index (κ2) is 9.69. The molecule has 29 heavy (non-hydrogen) atoms. The number of carbonyl (C=O) groups is 2. The number of hydrogen-bond donors (Lipinski definition) is 2. The van der Waals surface area contributed by atoms with E-state index in [9.17, 15) is 14.0 Å².